The molecule has 1 aliphatic carbocycles. The van der Waals surface area contributed by atoms with Gasteiger partial charge in [-0.15, -0.1) is 0 Å². The van der Waals surface area contributed by atoms with E-state index in [0.717, 1.165) is 19.1 Å². The molecule has 2 aliphatic rings. The number of rotatable bonds is 2. The molecular formula is C12H16N2. The fraction of sp³-hybridized carbons (Fsp3) is 0.500. The molecule has 3 rings (SSSR count). The molecular weight excluding hydrogens is 172 g/mol. The molecule has 0 bridgehead atoms. The fourth-order valence-corrected chi connectivity index (χ4v) is 2.10. The van der Waals surface area contributed by atoms with Crippen LogP contribution in [0.25, 0.3) is 0 Å². The van der Waals surface area contributed by atoms with Crippen molar-refractivity contribution in [1.82, 2.24) is 5.32 Å². The van der Waals surface area contributed by atoms with Crippen LogP contribution in [0, 0.1) is 0 Å². The van der Waals surface area contributed by atoms with Crippen molar-refractivity contribution in [3.63, 3.8) is 0 Å². The summed E-state index contributed by atoms with van der Waals surface area (Å²) >= 11 is 0. The van der Waals surface area contributed by atoms with E-state index in [4.69, 9.17) is 0 Å². The summed E-state index contributed by atoms with van der Waals surface area (Å²) in [6, 6.07) is 7.40. The van der Waals surface area contributed by atoms with Gasteiger partial charge in [0.25, 0.3) is 0 Å². The molecule has 2 nitrogen and oxygen atoms in total. The third-order valence-corrected chi connectivity index (χ3v) is 3.08. The normalized spacial score (nSPS) is 20.3. The highest BCUT2D eigenvalue weighted by Gasteiger charge is 2.22. The highest BCUT2D eigenvalue weighted by atomic mass is 15.0. The molecule has 0 spiro atoms. The van der Waals surface area contributed by atoms with Crippen molar-refractivity contribution in [2.45, 2.75) is 31.8 Å². The number of hydrogen-bond donors (Lipinski definition) is 2. The second kappa shape index (κ2) is 3.28. The van der Waals surface area contributed by atoms with Gasteiger partial charge in [-0.25, -0.2) is 0 Å². The van der Waals surface area contributed by atoms with Crippen molar-refractivity contribution in [3.05, 3.63) is 29.3 Å². The number of anilines is 1. The minimum absolute atomic E-state index is 0.753. The van der Waals surface area contributed by atoms with Crippen LogP contribution in [0.2, 0.25) is 0 Å². The van der Waals surface area contributed by atoms with Gasteiger partial charge in [-0.3, -0.25) is 0 Å². The summed E-state index contributed by atoms with van der Waals surface area (Å²) < 4.78 is 0. The second-order valence-electron chi connectivity index (χ2n) is 4.29. The first kappa shape index (κ1) is 8.30. The Kier molecular flexibility index (Phi) is 1.95. The van der Waals surface area contributed by atoms with Gasteiger partial charge in [-0.05, 0) is 43.0 Å². The van der Waals surface area contributed by atoms with Gasteiger partial charge < -0.3 is 10.6 Å². The Bertz CT molecular complexity index is 342. The van der Waals surface area contributed by atoms with Crippen LogP contribution in [0.15, 0.2) is 18.2 Å². The van der Waals surface area contributed by atoms with Gasteiger partial charge >= 0.3 is 0 Å². The van der Waals surface area contributed by atoms with Crippen LogP contribution < -0.4 is 10.6 Å². The van der Waals surface area contributed by atoms with Crippen LogP contribution in [0.3, 0.4) is 0 Å². The lowest BCUT2D eigenvalue weighted by molar-refractivity contribution is 0.644. The predicted molar refractivity (Wildman–Crippen MR) is 58.5 cm³/mol. The third kappa shape index (κ3) is 1.50. The first-order valence-electron chi connectivity index (χ1n) is 5.51. The van der Waals surface area contributed by atoms with Crippen LogP contribution in [-0.4, -0.2) is 12.6 Å². The van der Waals surface area contributed by atoms with Gasteiger partial charge in [-0.1, -0.05) is 12.1 Å². The lowest BCUT2D eigenvalue weighted by Crippen LogP contribution is -2.24. The zero-order valence-electron chi connectivity index (χ0n) is 8.34. The molecule has 0 saturated heterocycles. The molecule has 1 aromatic rings. The molecule has 0 amide bonds. The maximum atomic E-state index is 3.60. The van der Waals surface area contributed by atoms with Gasteiger partial charge in [-0.2, -0.15) is 0 Å². The van der Waals surface area contributed by atoms with E-state index < -0.39 is 0 Å². The first-order valence-corrected chi connectivity index (χ1v) is 5.51. The SMILES string of the molecule is c1cc2c(c(NC3CC3)c1)CNCC2. The topological polar surface area (TPSA) is 24.1 Å². The number of fused-ring (bicyclic) bond motifs is 1. The minimum atomic E-state index is 0.753. The largest absolute Gasteiger partial charge is 0.382 e. The molecule has 1 saturated carbocycles. The molecule has 0 unspecified atom stereocenters. The predicted octanol–water partition coefficient (Wildman–Crippen LogP) is 1.91. The molecule has 1 heterocycles. The van der Waals surface area contributed by atoms with E-state index in [-0.39, 0.29) is 0 Å². The van der Waals surface area contributed by atoms with E-state index in [9.17, 15) is 0 Å². The molecule has 0 radical (unpaired) electrons. The Morgan fingerprint density at radius 3 is 3.07 bits per heavy atom. The quantitative estimate of drug-likeness (QED) is 0.740. The van der Waals surface area contributed by atoms with E-state index in [2.05, 4.69) is 28.8 Å². The lowest BCUT2D eigenvalue weighted by Gasteiger charge is -2.20. The summed E-state index contributed by atoms with van der Waals surface area (Å²) in [4.78, 5) is 0. The van der Waals surface area contributed by atoms with Gasteiger partial charge in [0.2, 0.25) is 0 Å². The Morgan fingerprint density at radius 2 is 2.21 bits per heavy atom. The lowest BCUT2D eigenvalue weighted by atomic mass is 9.99. The highest BCUT2D eigenvalue weighted by molar-refractivity contribution is 5.56. The maximum Gasteiger partial charge on any atom is 0.0390 e. The molecule has 0 atom stereocenters. The zero-order valence-corrected chi connectivity index (χ0v) is 8.34. The summed E-state index contributed by atoms with van der Waals surface area (Å²) in [5.41, 5.74) is 4.37. The Hall–Kier alpha value is -1.02. The molecule has 0 aromatic heterocycles. The van der Waals surface area contributed by atoms with E-state index in [1.54, 1.807) is 0 Å². The van der Waals surface area contributed by atoms with Crippen molar-refractivity contribution in [3.8, 4) is 0 Å². The molecule has 2 heteroatoms. The van der Waals surface area contributed by atoms with E-state index in [0.29, 0.717) is 0 Å². The van der Waals surface area contributed by atoms with Crippen molar-refractivity contribution in [1.29, 1.82) is 0 Å². The van der Waals surface area contributed by atoms with Gasteiger partial charge in [0.15, 0.2) is 0 Å². The molecule has 14 heavy (non-hydrogen) atoms. The van der Waals surface area contributed by atoms with Crippen LogP contribution in [0.1, 0.15) is 24.0 Å². The molecule has 2 N–H and O–H groups in total. The van der Waals surface area contributed by atoms with Crippen molar-refractivity contribution in [2.75, 3.05) is 11.9 Å². The monoisotopic (exact) mass is 188 g/mol. The van der Waals surface area contributed by atoms with E-state index in [1.165, 1.54) is 36.1 Å². The van der Waals surface area contributed by atoms with Gasteiger partial charge in [0.1, 0.15) is 0 Å². The van der Waals surface area contributed by atoms with E-state index >= 15 is 0 Å². The van der Waals surface area contributed by atoms with Gasteiger partial charge in [0.05, 0.1) is 0 Å². The highest BCUT2D eigenvalue weighted by Crippen LogP contribution is 2.29. The first-order chi connectivity index (χ1) is 6.93. The van der Waals surface area contributed by atoms with Crippen molar-refractivity contribution >= 4 is 5.69 Å². The summed E-state index contributed by atoms with van der Waals surface area (Å²) in [7, 11) is 0. The standard InChI is InChI=1S/C12H16N2/c1-2-9-6-7-13-8-11(9)12(3-1)14-10-4-5-10/h1-3,10,13-14H,4-8H2. The van der Waals surface area contributed by atoms with E-state index in [1.807, 2.05) is 0 Å². The Balaban J connectivity index is 1.92. The third-order valence-electron chi connectivity index (χ3n) is 3.08. The minimum Gasteiger partial charge on any atom is -0.382 e. The van der Waals surface area contributed by atoms with Crippen LogP contribution in [0.5, 0.6) is 0 Å². The molecule has 1 aliphatic heterocycles. The van der Waals surface area contributed by atoms with Gasteiger partial charge in [0, 0.05) is 18.3 Å². The smallest absolute Gasteiger partial charge is 0.0390 e. The Morgan fingerprint density at radius 1 is 1.29 bits per heavy atom. The number of nitrogens with one attached hydrogen (secondary N) is 2. The maximum absolute atomic E-state index is 3.60. The number of benzene rings is 1. The van der Waals surface area contributed by atoms with Crippen molar-refractivity contribution in [2.24, 2.45) is 0 Å². The second-order valence-corrected chi connectivity index (χ2v) is 4.29. The zero-order chi connectivity index (χ0) is 9.38. The summed E-state index contributed by atoms with van der Waals surface area (Å²) in [6.07, 6.45) is 3.86. The molecule has 1 fully saturated rings. The molecule has 1 aromatic carbocycles. The van der Waals surface area contributed by atoms with Crippen LogP contribution >= 0.6 is 0 Å². The fourth-order valence-electron chi connectivity index (χ4n) is 2.10. The summed E-state index contributed by atoms with van der Waals surface area (Å²) in [5, 5.41) is 7.04. The average Bonchev–Trinajstić information content (AvgIpc) is 3.03. The summed E-state index contributed by atoms with van der Waals surface area (Å²) in [6.45, 7) is 2.16. The van der Waals surface area contributed by atoms with Crippen LogP contribution in [-0.2, 0) is 13.0 Å². The molecule has 74 valence electrons. The summed E-state index contributed by atoms with van der Waals surface area (Å²) in [5.74, 6) is 0. The van der Waals surface area contributed by atoms with Crippen LogP contribution in [0.4, 0.5) is 5.69 Å². The average molecular weight is 188 g/mol. The number of hydrogen-bond acceptors (Lipinski definition) is 2. The van der Waals surface area contributed by atoms with Crippen molar-refractivity contribution < 1.29 is 0 Å². The Labute approximate surface area is 84.7 Å².